The summed E-state index contributed by atoms with van der Waals surface area (Å²) in [4.78, 5) is 16.2. The van der Waals surface area contributed by atoms with E-state index in [9.17, 15) is 14.3 Å². The molecule has 0 aliphatic carbocycles. The SMILES string of the molecule is COc1cc(C(C)C)c(C=CC2CC(O)CC(=O)O2)c(-c2ccc(F)cc2)c1OCc1ccccn1. The van der Waals surface area contributed by atoms with E-state index < -0.39 is 18.2 Å². The molecule has 6 nitrogen and oxygen atoms in total. The van der Waals surface area contributed by atoms with Gasteiger partial charge in [0.1, 0.15) is 18.5 Å². The standard InChI is InChI=1S/C29H30FNO5/c1-18(2)25-16-26(34-3)29(35-17-21-6-4-5-13-31-21)28(19-7-9-20(30)10-8-19)24(25)12-11-23-14-22(32)15-27(33)36-23/h4-13,16,18,22-23,32H,14-15,17H2,1-3H3. The predicted molar refractivity (Wildman–Crippen MR) is 135 cm³/mol. The van der Waals surface area contributed by atoms with Crippen molar-refractivity contribution in [1.82, 2.24) is 4.98 Å². The number of ether oxygens (including phenoxy) is 3. The lowest BCUT2D eigenvalue weighted by molar-refractivity contribution is -0.156. The van der Waals surface area contributed by atoms with E-state index in [1.54, 1.807) is 31.5 Å². The molecule has 2 unspecified atom stereocenters. The molecule has 1 aliphatic rings. The number of benzene rings is 2. The Morgan fingerprint density at radius 2 is 2.00 bits per heavy atom. The van der Waals surface area contributed by atoms with Crippen molar-refractivity contribution >= 4 is 12.0 Å². The van der Waals surface area contributed by atoms with E-state index in [0.717, 1.165) is 27.9 Å². The van der Waals surface area contributed by atoms with E-state index in [4.69, 9.17) is 14.2 Å². The maximum Gasteiger partial charge on any atom is 0.309 e. The summed E-state index contributed by atoms with van der Waals surface area (Å²) in [5.41, 5.74) is 4.04. The topological polar surface area (TPSA) is 77.9 Å². The first-order valence-electron chi connectivity index (χ1n) is 11.9. The highest BCUT2D eigenvalue weighted by molar-refractivity contribution is 5.85. The number of aromatic nitrogens is 1. The molecule has 0 saturated carbocycles. The molecule has 1 aromatic heterocycles. The summed E-state index contributed by atoms with van der Waals surface area (Å²) in [7, 11) is 1.58. The van der Waals surface area contributed by atoms with E-state index in [1.807, 2.05) is 30.3 Å². The Kier molecular flexibility index (Phi) is 8.00. The largest absolute Gasteiger partial charge is 0.493 e. The molecular formula is C29H30FNO5. The van der Waals surface area contributed by atoms with Crippen LogP contribution in [-0.4, -0.2) is 35.4 Å². The second-order valence-corrected chi connectivity index (χ2v) is 9.04. The third-order valence-electron chi connectivity index (χ3n) is 6.05. The Morgan fingerprint density at radius 1 is 1.22 bits per heavy atom. The minimum atomic E-state index is -0.741. The van der Waals surface area contributed by atoms with Crippen LogP contribution in [-0.2, 0) is 16.1 Å². The van der Waals surface area contributed by atoms with Gasteiger partial charge in [-0.25, -0.2) is 4.39 Å². The quantitative estimate of drug-likeness (QED) is 0.409. The minimum Gasteiger partial charge on any atom is -0.493 e. The lowest BCUT2D eigenvalue weighted by Gasteiger charge is -2.25. The molecule has 1 fully saturated rings. The maximum atomic E-state index is 13.8. The van der Waals surface area contributed by atoms with Gasteiger partial charge in [0, 0.05) is 18.2 Å². The molecule has 0 radical (unpaired) electrons. The van der Waals surface area contributed by atoms with Gasteiger partial charge in [0.2, 0.25) is 0 Å². The number of methoxy groups -OCH3 is 1. The number of hydrogen-bond donors (Lipinski definition) is 1. The Bertz CT molecular complexity index is 1220. The van der Waals surface area contributed by atoms with Crippen molar-refractivity contribution in [2.45, 2.75) is 51.4 Å². The van der Waals surface area contributed by atoms with Crippen LogP contribution in [0.15, 0.2) is 60.8 Å². The van der Waals surface area contributed by atoms with Crippen LogP contribution in [0.3, 0.4) is 0 Å². The average molecular weight is 492 g/mol. The third-order valence-corrected chi connectivity index (χ3v) is 6.05. The van der Waals surface area contributed by atoms with Crippen LogP contribution in [0.2, 0.25) is 0 Å². The van der Waals surface area contributed by atoms with Crippen molar-refractivity contribution in [1.29, 1.82) is 0 Å². The molecular weight excluding hydrogens is 461 g/mol. The number of aliphatic hydroxyl groups is 1. The molecule has 4 rings (SSSR count). The van der Waals surface area contributed by atoms with Crippen molar-refractivity contribution < 1.29 is 28.5 Å². The van der Waals surface area contributed by atoms with Gasteiger partial charge in [-0.2, -0.15) is 0 Å². The number of nitrogens with zero attached hydrogens (tertiary/aromatic N) is 1. The minimum absolute atomic E-state index is 0.00351. The number of pyridine rings is 1. The first-order valence-corrected chi connectivity index (χ1v) is 11.9. The van der Waals surface area contributed by atoms with Crippen LogP contribution in [0.5, 0.6) is 11.5 Å². The molecule has 0 spiro atoms. The molecule has 3 aromatic rings. The Hall–Kier alpha value is -3.71. The van der Waals surface area contributed by atoms with Gasteiger partial charge in [0.05, 0.1) is 25.3 Å². The van der Waals surface area contributed by atoms with Gasteiger partial charge in [0.25, 0.3) is 0 Å². The number of carbonyl (C=O) groups is 1. The Labute approximate surface area is 210 Å². The van der Waals surface area contributed by atoms with Crippen molar-refractivity contribution in [3.63, 3.8) is 0 Å². The summed E-state index contributed by atoms with van der Waals surface area (Å²) < 4.78 is 31.3. The first kappa shape index (κ1) is 25.4. The number of hydrogen-bond acceptors (Lipinski definition) is 6. The molecule has 7 heteroatoms. The van der Waals surface area contributed by atoms with Crippen LogP contribution in [0.25, 0.3) is 17.2 Å². The van der Waals surface area contributed by atoms with Crippen LogP contribution < -0.4 is 9.47 Å². The number of rotatable bonds is 8. The lowest BCUT2D eigenvalue weighted by atomic mass is 9.88. The number of carbonyl (C=O) groups excluding carboxylic acids is 1. The zero-order valence-corrected chi connectivity index (χ0v) is 20.6. The highest BCUT2D eigenvalue weighted by atomic mass is 19.1. The molecule has 36 heavy (non-hydrogen) atoms. The van der Waals surface area contributed by atoms with Crippen molar-refractivity contribution in [3.05, 3.63) is 83.4 Å². The van der Waals surface area contributed by atoms with Gasteiger partial charge in [0.15, 0.2) is 11.5 Å². The molecule has 0 bridgehead atoms. The van der Waals surface area contributed by atoms with Gasteiger partial charge in [-0.15, -0.1) is 0 Å². The van der Waals surface area contributed by atoms with Gasteiger partial charge in [-0.05, 0) is 59.0 Å². The lowest BCUT2D eigenvalue weighted by Crippen LogP contribution is -2.31. The van der Waals surface area contributed by atoms with E-state index >= 15 is 0 Å². The summed E-state index contributed by atoms with van der Waals surface area (Å²) in [5, 5.41) is 10.0. The van der Waals surface area contributed by atoms with E-state index in [-0.39, 0.29) is 24.8 Å². The monoisotopic (exact) mass is 491 g/mol. The third kappa shape index (κ3) is 5.91. The van der Waals surface area contributed by atoms with Gasteiger partial charge >= 0.3 is 5.97 Å². The van der Waals surface area contributed by atoms with Gasteiger partial charge in [-0.3, -0.25) is 9.78 Å². The fourth-order valence-corrected chi connectivity index (χ4v) is 4.29. The highest BCUT2D eigenvalue weighted by Crippen LogP contribution is 2.45. The predicted octanol–water partition coefficient (Wildman–Crippen LogP) is 5.68. The molecule has 0 amide bonds. The van der Waals surface area contributed by atoms with Crippen LogP contribution in [0.4, 0.5) is 4.39 Å². The molecule has 1 saturated heterocycles. The summed E-state index contributed by atoms with van der Waals surface area (Å²) in [6.45, 7) is 4.35. The fraction of sp³-hybridized carbons (Fsp3) is 0.310. The molecule has 2 atom stereocenters. The normalized spacial score (nSPS) is 17.9. The fourth-order valence-electron chi connectivity index (χ4n) is 4.29. The summed E-state index contributed by atoms with van der Waals surface area (Å²) in [5.74, 6) is 0.384. The summed E-state index contributed by atoms with van der Waals surface area (Å²) >= 11 is 0. The first-order chi connectivity index (χ1) is 17.4. The summed E-state index contributed by atoms with van der Waals surface area (Å²) in [6.07, 6.45) is 4.39. The molecule has 188 valence electrons. The van der Waals surface area contributed by atoms with Crippen molar-refractivity contribution in [3.8, 4) is 22.6 Å². The molecule has 2 heterocycles. The van der Waals surface area contributed by atoms with Gasteiger partial charge in [-0.1, -0.05) is 38.1 Å². The second-order valence-electron chi connectivity index (χ2n) is 9.04. The molecule has 1 N–H and O–H groups in total. The molecule has 2 aromatic carbocycles. The zero-order valence-electron chi connectivity index (χ0n) is 20.6. The van der Waals surface area contributed by atoms with Crippen molar-refractivity contribution in [2.24, 2.45) is 0 Å². The maximum absolute atomic E-state index is 13.8. The molecule has 1 aliphatic heterocycles. The number of aliphatic hydroxyl groups excluding tert-OH is 1. The average Bonchev–Trinajstić information content (AvgIpc) is 2.86. The Morgan fingerprint density at radius 3 is 2.64 bits per heavy atom. The summed E-state index contributed by atoms with van der Waals surface area (Å²) in [6, 6.07) is 13.7. The zero-order chi connectivity index (χ0) is 25.7. The van der Waals surface area contributed by atoms with Crippen molar-refractivity contribution in [2.75, 3.05) is 7.11 Å². The number of esters is 1. The van der Waals surface area contributed by atoms with Crippen LogP contribution in [0, 0.1) is 5.82 Å². The Balaban J connectivity index is 1.86. The highest BCUT2D eigenvalue weighted by Gasteiger charge is 2.26. The van der Waals surface area contributed by atoms with E-state index in [1.165, 1.54) is 12.1 Å². The number of cyclic esters (lactones) is 1. The van der Waals surface area contributed by atoms with Crippen LogP contribution >= 0.6 is 0 Å². The van der Waals surface area contributed by atoms with Crippen LogP contribution in [0.1, 0.15) is 49.4 Å². The second kappa shape index (κ2) is 11.4. The smallest absolute Gasteiger partial charge is 0.309 e. The van der Waals surface area contributed by atoms with Gasteiger partial charge < -0.3 is 19.3 Å². The van der Waals surface area contributed by atoms with E-state index in [0.29, 0.717) is 17.9 Å². The van der Waals surface area contributed by atoms with E-state index in [2.05, 4.69) is 18.8 Å². The number of halogens is 1.